The first-order valence-corrected chi connectivity index (χ1v) is 6.75. The zero-order valence-corrected chi connectivity index (χ0v) is 10.8. The van der Waals surface area contributed by atoms with E-state index in [9.17, 15) is 4.79 Å². The Morgan fingerprint density at radius 1 is 1.39 bits per heavy atom. The fraction of sp³-hybridized carbons (Fsp3) is 0.538. The van der Waals surface area contributed by atoms with E-state index < -0.39 is 0 Å². The third kappa shape index (κ3) is 2.43. The monoisotopic (exact) mass is 265 g/mol. The van der Waals surface area contributed by atoms with Crippen LogP contribution >= 0.6 is 11.6 Å². The summed E-state index contributed by atoms with van der Waals surface area (Å²) in [5, 5.41) is 3.42. The lowest BCUT2D eigenvalue weighted by atomic mass is 10.1. The van der Waals surface area contributed by atoms with Gasteiger partial charge in [0.15, 0.2) is 0 Å². The number of carbonyl (C=O) groups is 1. The summed E-state index contributed by atoms with van der Waals surface area (Å²) in [6, 6.07) is 1.85. The van der Waals surface area contributed by atoms with Crippen LogP contribution in [0.2, 0.25) is 5.15 Å². The van der Waals surface area contributed by atoms with E-state index in [-0.39, 0.29) is 5.91 Å². The predicted octanol–water partition coefficient (Wildman–Crippen LogP) is 2.24. The maximum atomic E-state index is 12.2. The van der Waals surface area contributed by atoms with E-state index >= 15 is 0 Å². The van der Waals surface area contributed by atoms with Gasteiger partial charge in [-0.3, -0.25) is 4.79 Å². The highest BCUT2D eigenvalue weighted by atomic mass is 35.5. The van der Waals surface area contributed by atoms with E-state index in [2.05, 4.69) is 10.3 Å². The van der Waals surface area contributed by atoms with Gasteiger partial charge in [0.2, 0.25) is 0 Å². The number of pyridine rings is 1. The van der Waals surface area contributed by atoms with E-state index in [1.807, 2.05) is 0 Å². The Morgan fingerprint density at radius 2 is 2.00 bits per heavy atom. The van der Waals surface area contributed by atoms with Crippen LogP contribution in [0.5, 0.6) is 0 Å². The Bertz CT molecular complexity index is 471. The zero-order valence-electron chi connectivity index (χ0n) is 10.0. The SMILES string of the molecule is Nc1cnc(Cl)cc1C(=O)NC(C1CC1)C1CC1. The average molecular weight is 266 g/mol. The van der Waals surface area contributed by atoms with Crippen LogP contribution in [0.1, 0.15) is 36.0 Å². The van der Waals surface area contributed by atoms with Gasteiger partial charge in [-0.25, -0.2) is 4.98 Å². The molecule has 2 saturated carbocycles. The molecule has 2 aliphatic rings. The quantitative estimate of drug-likeness (QED) is 0.821. The minimum Gasteiger partial charge on any atom is -0.397 e. The number of rotatable bonds is 4. The number of amides is 1. The molecule has 2 fully saturated rings. The summed E-state index contributed by atoms with van der Waals surface area (Å²) in [5.41, 5.74) is 6.58. The molecule has 0 bridgehead atoms. The molecular formula is C13H16ClN3O. The summed E-state index contributed by atoms with van der Waals surface area (Å²) in [7, 11) is 0. The molecule has 0 atom stereocenters. The highest BCUT2D eigenvalue weighted by Crippen LogP contribution is 2.44. The molecule has 1 amide bonds. The Labute approximate surface area is 111 Å². The first-order chi connectivity index (χ1) is 8.65. The maximum Gasteiger partial charge on any atom is 0.253 e. The van der Waals surface area contributed by atoms with Gasteiger partial charge in [0, 0.05) is 6.04 Å². The van der Waals surface area contributed by atoms with Crippen molar-refractivity contribution < 1.29 is 4.79 Å². The Morgan fingerprint density at radius 3 is 2.56 bits per heavy atom. The zero-order chi connectivity index (χ0) is 12.7. The molecule has 0 saturated heterocycles. The van der Waals surface area contributed by atoms with E-state index in [0.29, 0.717) is 34.3 Å². The van der Waals surface area contributed by atoms with Crippen LogP contribution in [-0.4, -0.2) is 16.9 Å². The molecule has 3 N–H and O–H groups in total. The van der Waals surface area contributed by atoms with Crippen LogP contribution in [-0.2, 0) is 0 Å². The van der Waals surface area contributed by atoms with Crippen LogP contribution in [0.25, 0.3) is 0 Å². The summed E-state index contributed by atoms with van der Waals surface area (Å²) < 4.78 is 0. The molecule has 5 heteroatoms. The van der Waals surface area contributed by atoms with E-state index in [4.69, 9.17) is 17.3 Å². The molecule has 1 aromatic rings. The molecule has 1 aromatic heterocycles. The van der Waals surface area contributed by atoms with Gasteiger partial charge >= 0.3 is 0 Å². The van der Waals surface area contributed by atoms with Crippen molar-refractivity contribution in [2.45, 2.75) is 31.7 Å². The molecule has 18 heavy (non-hydrogen) atoms. The molecule has 1 heterocycles. The number of hydrogen-bond donors (Lipinski definition) is 2. The average Bonchev–Trinajstić information content (AvgIpc) is 3.21. The van der Waals surface area contributed by atoms with Crippen molar-refractivity contribution in [1.82, 2.24) is 10.3 Å². The van der Waals surface area contributed by atoms with Crippen molar-refractivity contribution in [3.8, 4) is 0 Å². The first kappa shape index (κ1) is 11.8. The second kappa shape index (κ2) is 4.43. The number of anilines is 1. The van der Waals surface area contributed by atoms with Gasteiger partial charge < -0.3 is 11.1 Å². The number of hydrogen-bond acceptors (Lipinski definition) is 3. The Hall–Kier alpha value is -1.29. The molecule has 0 aliphatic heterocycles. The number of carbonyl (C=O) groups excluding carboxylic acids is 1. The van der Waals surface area contributed by atoms with Gasteiger partial charge in [0.05, 0.1) is 17.4 Å². The Balaban J connectivity index is 1.75. The largest absolute Gasteiger partial charge is 0.397 e. The number of halogens is 1. The standard InChI is InChI=1S/C13H16ClN3O/c14-11-5-9(10(15)6-16-11)13(18)17-12(7-1-2-7)8-3-4-8/h5-8,12H,1-4,15H2,(H,17,18). The second-order valence-corrected chi connectivity index (χ2v) is 5.66. The normalized spacial score (nSPS) is 19.0. The molecule has 3 rings (SSSR count). The Kier molecular flexibility index (Phi) is 2.90. The number of nitrogens with two attached hydrogens (primary N) is 1. The lowest BCUT2D eigenvalue weighted by molar-refractivity contribution is 0.0927. The molecule has 0 spiro atoms. The summed E-state index contributed by atoms with van der Waals surface area (Å²) in [6.07, 6.45) is 6.35. The van der Waals surface area contributed by atoms with Crippen LogP contribution in [0.4, 0.5) is 5.69 Å². The summed E-state index contributed by atoms with van der Waals surface area (Å²) in [5.74, 6) is 1.21. The van der Waals surface area contributed by atoms with Gasteiger partial charge in [-0.2, -0.15) is 0 Å². The van der Waals surface area contributed by atoms with Gasteiger partial charge in [-0.05, 0) is 43.6 Å². The molecule has 0 unspecified atom stereocenters. The maximum absolute atomic E-state index is 12.2. The highest BCUT2D eigenvalue weighted by Gasteiger charge is 2.42. The topological polar surface area (TPSA) is 68.0 Å². The smallest absolute Gasteiger partial charge is 0.253 e. The van der Waals surface area contributed by atoms with Gasteiger partial charge in [-0.1, -0.05) is 11.6 Å². The number of nitrogens with zero attached hydrogens (tertiary/aromatic N) is 1. The lowest BCUT2D eigenvalue weighted by Gasteiger charge is -2.18. The third-order valence-electron chi connectivity index (χ3n) is 3.70. The minimum absolute atomic E-state index is 0.124. The predicted molar refractivity (Wildman–Crippen MR) is 70.4 cm³/mol. The van der Waals surface area contributed by atoms with Crippen LogP contribution in [0.3, 0.4) is 0 Å². The molecule has 2 aliphatic carbocycles. The summed E-state index contributed by atoms with van der Waals surface area (Å²) in [6.45, 7) is 0. The van der Waals surface area contributed by atoms with Crippen molar-refractivity contribution in [3.63, 3.8) is 0 Å². The first-order valence-electron chi connectivity index (χ1n) is 6.37. The van der Waals surface area contributed by atoms with Crippen molar-refractivity contribution in [2.75, 3.05) is 5.73 Å². The van der Waals surface area contributed by atoms with Gasteiger partial charge in [0.25, 0.3) is 5.91 Å². The van der Waals surface area contributed by atoms with Crippen LogP contribution in [0, 0.1) is 11.8 Å². The summed E-state index contributed by atoms with van der Waals surface area (Å²) in [4.78, 5) is 16.1. The molecular weight excluding hydrogens is 250 g/mol. The van der Waals surface area contributed by atoms with Gasteiger partial charge in [0.1, 0.15) is 5.15 Å². The van der Waals surface area contributed by atoms with Crippen molar-refractivity contribution >= 4 is 23.2 Å². The fourth-order valence-corrected chi connectivity index (χ4v) is 2.56. The van der Waals surface area contributed by atoms with E-state index in [0.717, 1.165) is 0 Å². The molecule has 0 aromatic carbocycles. The van der Waals surface area contributed by atoms with Crippen LogP contribution in [0.15, 0.2) is 12.3 Å². The van der Waals surface area contributed by atoms with E-state index in [1.54, 1.807) is 0 Å². The highest BCUT2D eigenvalue weighted by molar-refractivity contribution is 6.29. The van der Waals surface area contributed by atoms with Crippen molar-refractivity contribution in [1.29, 1.82) is 0 Å². The number of nitrogens with one attached hydrogen (secondary N) is 1. The molecule has 0 radical (unpaired) electrons. The number of nitrogen functional groups attached to an aromatic ring is 1. The molecule has 96 valence electrons. The number of aromatic nitrogens is 1. The van der Waals surface area contributed by atoms with Crippen LogP contribution < -0.4 is 11.1 Å². The molecule has 4 nitrogen and oxygen atoms in total. The van der Waals surface area contributed by atoms with Crippen molar-refractivity contribution in [3.05, 3.63) is 23.0 Å². The fourth-order valence-electron chi connectivity index (χ4n) is 2.40. The minimum atomic E-state index is -0.124. The van der Waals surface area contributed by atoms with E-state index in [1.165, 1.54) is 37.9 Å². The second-order valence-electron chi connectivity index (χ2n) is 5.27. The summed E-state index contributed by atoms with van der Waals surface area (Å²) >= 11 is 5.80. The lowest BCUT2D eigenvalue weighted by Crippen LogP contribution is -2.38. The van der Waals surface area contributed by atoms with Gasteiger partial charge in [-0.15, -0.1) is 0 Å². The third-order valence-corrected chi connectivity index (χ3v) is 3.91. The van der Waals surface area contributed by atoms with Crippen molar-refractivity contribution in [2.24, 2.45) is 11.8 Å².